The second-order valence-corrected chi connectivity index (χ2v) is 2.38. The molecule has 0 aliphatic carbocycles. The maximum atomic E-state index is 5.36. The monoisotopic (exact) mass is 148 g/mol. The van der Waals surface area contributed by atoms with E-state index in [4.69, 9.17) is 4.42 Å². The average molecular weight is 148 g/mol. The van der Waals surface area contributed by atoms with Crippen LogP contribution in [0.2, 0.25) is 0 Å². The van der Waals surface area contributed by atoms with E-state index in [2.05, 4.69) is 10.2 Å². The number of furan rings is 1. The first-order valence-electron chi connectivity index (χ1n) is 3.42. The molecule has 0 saturated heterocycles. The highest BCUT2D eigenvalue weighted by molar-refractivity contribution is 5.50. The molecule has 3 heteroatoms. The van der Waals surface area contributed by atoms with Gasteiger partial charge >= 0.3 is 0 Å². The van der Waals surface area contributed by atoms with Crippen molar-refractivity contribution in [3.8, 4) is 11.5 Å². The number of hydrogen-bond acceptors (Lipinski definition) is 2. The molecule has 1 N–H and O–H groups in total. The topological polar surface area (TPSA) is 41.8 Å². The zero-order valence-electron chi connectivity index (χ0n) is 6.16. The van der Waals surface area contributed by atoms with Crippen molar-refractivity contribution in [2.45, 2.75) is 6.92 Å². The third-order valence-electron chi connectivity index (χ3n) is 1.51. The van der Waals surface area contributed by atoms with Gasteiger partial charge in [0.25, 0.3) is 0 Å². The number of hydrogen-bond donors (Lipinski definition) is 1. The van der Waals surface area contributed by atoms with Gasteiger partial charge in [-0.05, 0) is 25.1 Å². The molecule has 11 heavy (non-hydrogen) atoms. The quantitative estimate of drug-likeness (QED) is 0.671. The number of aromatic nitrogens is 2. The second-order valence-electron chi connectivity index (χ2n) is 2.38. The van der Waals surface area contributed by atoms with E-state index in [9.17, 15) is 0 Å². The Morgan fingerprint density at radius 3 is 2.82 bits per heavy atom. The number of nitrogens with one attached hydrogen (secondary N) is 1. The zero-order chi connectivity index (χ0) is 7.68. The van der Waals surface area contributed by atoms with Gasteiger partial charge in [0.2, 0.25) is 0 Å². The highest BCUT2D eigenvalue weighted by atomic mass is 16.3. The first kappa shape index (κ1) is 6.22. The van der Waals surface area contributed by atoms with E-state index in [1.54, 1.807) is 6.20 Å². The van der Waals surface area contributed by atoms with Crippen LogP contribution in [0.4, 0.5) is 0 Å². The maximum absolute atomic E-state index is 5.36. The molecule has 0 aliphatic rings. The molecular weight excluding hydrogens is 140 g/mol. The van der Waals surface area contributed by atoms with Crippen molar-refractivity contribution in [1.29, 1.82) is 0 Å². The maximum Gasteiger partial charge on any atom is 0.152 e. The highest BCUT2D eigenvalue weighted by Gasteiger charge is 2.01. The molecule has 0 fully saturated rings. The first-order valence-corrected chi connectivity index (χ1v) is 3.42. The molecule has 0 radical (unpaired) electrons. The summed E-state index contributed by atoms with van der Waals surface area (Å²) in [4.78, 5) is 0. The summed E-state index contributed by atoms with van der Waals surface area (Å²) < 4.78 is 5.36. The van der Waals surface area contributed by atoms with Gasteiger partial charge in [0.1, 0.15) is 11.5 Å². The van der Waals surface area contributed by atoms with Crippen LogP contribution in [-0.2, 0) is 0 Å². The Bertz CT molecular complexity index is 335. The van der Waals surface area contributed by atoms with Gasteiger partial charge < -0.3 is 4.42 Å². The summed E-state index contributed by atoms with van der Waals surface area (Å²) in [5.41, 5.74) is 0.915. The number of nitrogens with zero attached hydrogens (tertiary/aromatic N) is 1. The predicted molar refractivity (Wildman–Crippen MR) is 41.0 cm³/mol. The SMILES string of the molecule is Cc1ccc(-c2ccn[nH]2)o1. The lowest BCUT2D eigenvalue weighted by molar-refractivity contribution is 0.546. The number of aryl methyl sites for hydroxylation is 1. The predicted octanol–water partition coefficient (Wildman–Crippen LogP) is 1.98. The van der Waals surface area contributed by atoms with Crippen LogP contribution in [0.25, 0.3) is 11.5 Å². The third kappa shape index (κ3) is 1.05. The van der Waals surface area contributed by atoms with E-state index >= 15 is 0 Å². The molecule has 2 aromatic heterocycles. The molecule has 0 aromatic carbocycles. The Labute approximate surface area is 64.0 Å². The Balaban J connectivity index is 2.45. The molecule has 3 nitrogen and oxygen atoms in total. The minimum absolute atomic E-state index is 0.833. The van der Waals surface area contributed by atoms with E-state index < -0.39 is 0 Å². The summed E-state index contributed by atoms with van der Waals surface area (Å²) in [6.45, 7) is 1.92. The van der Waals surface area contributed by atoms with Crippen molar-refractivity contribution in [3.63, 3.8) is 0 Å². The minimum atomic E-state index is 0.833. The summed E-state index contributed by atoms with van der Waals surface area (Å²) in [5, 5.41) is 6.65. The molecule has 0 aliphatic heterocycles. The van der Waals surface area contributed by atoms with Gasteiger partial charge in [0, 0.05) is 6.20 Å². The molecule has 0 spiro atoms. The molecule has 2 heterocycles. The molecule has 0 saturated carbocycles. The van der Waals surface area contributed by atoms with E-state index in [1.807, 2.05) is 25.1 Å². The fourth-order valence-corrected chi connectivity index (χ4v) is 0.972. The lowest BCUT2D eigenvalue weighted by atomic mass is 10.3. The van der Waals surface area contributed by atoms with E-state index in [1.165, 1.54) is 0 Å². The van der Waals surface area contributed by atoms with Crippen LogP contribution in [0.1, 0.15) is 5.76 Å². The van der Waals surface area contributed by atoms with Crippen LogP contribution < -0.4 is 0 Å². The highest BCUT2D eigenvalue weighted by Crippen LogP contribution is 2.18. The fraction of sp³-hybridized carbons (Fsp3) is 0.125. The second kappa shape index (κ2) is 2.27. The van der Waals surface area contributed by atoms with Gasteiger partial charge in [-0.25, -0.2) is 0 Å². The van der Waals surface area contributed by atoms with Crippen LogP contribution in [-0.4, -0.2) is 10.2 Å². The van der Waals surface area contributed by atoms with E-state index in [0.717, 1.165) is 17.2 Å². The zero-order valence-corrected chi connectivity index (χ0v) is 6.16. The van der Waals surface area contributed by atoms with E-state index in [0.29, 0.717) is 0 Å². The van der Waals surface area contributed by atoms with Gasteiger partial charge in [-0.1, -0.05) is 0 Å². The normalized spacial score (nSPS) is 10.3. The fourth-order valence-electron chi connectivity index (χ4n) is 0.972. The Morgan fingerprint density at radius 1 is 1.36 bits per heavy atom. The molecule has 0 unspecified atom stereocenters. The smallest absolute Gasteiger partial charge is 0.152 e. The van der Waals surface area contributed by atoms with Gasteiger partial charge in [0.05, 0.1) is 0 Å². The molecule has 0 amide bonds. The van der Waals surface area contributed by atoms with Crippen molar-refractivity contribution in [1.82, 2.24) is 10.2 Å². The van der Waals surface area contributed by atoms with Crippen molar-refractivity contribution < 1.29 is 4.42 Å². The Morgan fingerprint density at radius 2 is 2.27 bits per heavy atom. The molecule has 0 atom stereocenters. The van der Waals surface area contributed by atoms with Gasteiger partial charge in [-0.2, -0.15) is 5.10 Å². The summed E-state index contributed by atoms with van der Waals surface area (Å²) in [5.74, 6) is 1.75. The van der Waals surface area contributed by atoms with Crippen molar-refractivity contribution in [2.75, 3.05) is 0 Å². The van der Waals surface area contributed by atoms with Crippen LogP contribution in [0, 0.1) is 6.92 Å². The van der Waals surface area contributed by atoms with Crippen molar-refractivity contribution in [2.24, 2.45) is 0 Å². The standard InChI is InChI=1S/C8H8N2O/c1-6-2-3-8(11-6)7-4-5-9-10-7/h2-5H,1H3,(H,9,10). The molecule has 0 bridgehead atoms. The number of H-pyrrole nitrogens is 1. The summed E-state index contributed by atoms with van der Waals surface area (Å²) in [7, 11) is 0. The Kier molecular flexibility index (Phi) is 1.28. The lowest BCUT2D eigenvalue weighted by Gasteiger charge is -1.87. The Hall–Kier alpha value is -1.51. The summed E-state index contributed by atoms with van der Waals surface area (Å²) in [6.07, 6.45) is 1.70. The van der Waals surface area contributed by atoms with Gasteiger partial charge in [0.15, 0.2) is 5.76 Å². The van der Waals surface area contributed by atoms with E-state index in [-0.39, 0.29) is 0 Å². The lowest BCUT2D eigenvalue weighted by Crippen LogP contribution is -1.71. The van der Waals surface area contributed by atoms with Crippen molar-refractivity contribution in [3.05, 3.63) is 30.2 Å². The van der Waals surface area contributed by atoms with Crippen LogP contribution >= 0.6 is 0 Å². The van der Waals surface area contributed by atoms with Gasteiger partial charge in [-0.3, -0.25) is 5.10 Å². The minimum Gasteiger partial charge on any atom is -0.460 e. The van der Waals surface area contributed by atoms with Crippen molar-refractivity contribution >= 4 is 0 Å². The average Bonchev–Trinajstić information content (AvgIpc) is 2.55. The molecule has 2 rings (SSSR count). The van der Waals surface area contributed by atoms with Crippen LogP contribution in [0.15, 0.2) is 28.8 Å². The number of rotatable bonds is 1. The first-order chi connectivity index (χ1) is 5.36. The number of aromatic amines is 1. The molecule has 2 aromatic rings. The largest absolute Gasteiger partial charge is 0.460 e. The van der Waals surface area contributed by atoms with Crippen LogP contribution in [0.3, 0.4) is 0 Å². The summed E-state index contributed by atoms with van der Waals surface area (Å²) in [6, 6.07) is 5.72. The third-order valence-corrected chi connectivity index (χ3v) is 1.51. The van der Waals surface area contributed by atoms with Crippen LogP contribution in [0.5, 0.6) is 0 Å². The van der Waals surface area contributed by atoms with Gasteiger partial charge in [-0.15, -0.1) is 0 Å². The molecular formula is C8H8N2O. The summed E-state index contributed by atoms with van der Waals surface area (Å²) >= 11 is 0. The molecule has 56 valence electrons.